The molecule has 0 aromatic carbocycles. The summed E-state index contributed by atoms with van der Waals surface area (Å²) in [4.78, 5) is 17.9. The number of rotatable bonds is 3. The van der Waals surface area contributed by atoms with Crippen LogP contribution in [-0.2, 0) is 16.1 Å². The third kappa shape index (κ3) is 2.83. The van der Waals surface area contributed by atoms with Gasteiger partial charge in [-0.25, -0.2) is 4.98 Å². The molecule has 0 aliphatic carbocycles. The van der Waals surface area contributed by atoms with Crippen molar-refractivity contribution in [1.29, 1.82) is 0 Å². The first-order valence-corrected chi connectivity index (χ1v) is 5.66. The summed E-state index contributed by atoms with van der Waals surface area (Å²) in [5.74, 6) is 1.36. The highest BCUT2D eigenvalue weighted by Gasteiger charge is 2.26. The van der Waals surface area contributed by atoms with Gasteiger partial charge >= 0.3 is 0 Å². The molecule has 1 aromatic heterocycles. The fourth-order valence-corrected chi connectivity index (χ4v) is 1.81. The lowest BCUT2D eigenvalue weighted by atomic mass is 10.2. The molecule has 0 saturated carbocycles. The number of aryl methyl sites for hydroxylation is 1. The van der Waals surface area contributed by atoms with Gasteiger partial charge < -0.3 is 19.4 Å². The minimum Gasteiger partial charge on any atom is -0.444 e. The molecule has 1 N–H and O–H groups in total. The summed E-state index contributed by atoms with van der Waals surface area (Å²) in [6.45, 7) is 3.78. The number of hydrogen-bond donors (Lipinski definition) is 1. The van der Waals surface area contributed by atoms with Crippen LogP contribution in [0.25, 0.3) is 0 Å². The second-order valence-electron chi connectivity index (χ2n) is 4.02. The average Bonchev–Trinajstić information content (AvgIpc) is 2.64. The molecule has 0 radical (unpaired) electrons. The van der Waals surface area contributed by atoms with Gasteiger partial charge in [0.2, 0.25) is 5.91 Å². The van der Waals surface area contributed by atoms with Crippen LogP contribution in [0.2, 0.25) is 0 Å². The Labute approximate surface area is 99.9 Å². The van der Waals surface area contributed by atoms with Crippen molar-refractivity contribution in [2.45, 2.75) is 19.5 Å². The number of aromatic nitrogens is 1. The van der Waals surface area contributed by atoms with Crippen LogP contribution in [0.5, 0.6) is 0 Å². The predicted molar refractivity (Wildman–Crippen MR) is 60.3 cm³/mol. The lowest BCUT2D eigenvalue weighted by Crippen LogP contribution is -2.45. The van der Waals surface area contributed by atoms with Crippen molar-refractivity contribution >= 4 is 5.91 Å². The number of oxazole rings is 1. The van der Waals surface area contributed by atoms with Crippen molar-refractivity contribution in [3.05, 3.63) is 17.8 Å². The Morgan fingerprint density at radius 2 is 2.47 bits per heavy atom. The molecule has 1 aliphatic rings. The minimum atomic E-state index is -0.276. The van der Waals surface area contributed by atoms with E-state index in [1.54, 1.807) is 25.1 Å². The fourth-order valence-electron chi connectivity index (χ4n) is 1.81. The summed E-state index contributed by atoms with van der Waals surface area (Å²) in [5, 5.41) is 2.95. The second-order valence-corrected chi connectivity index (χ2v) is 4.02. The maximum atomic E-state index is 12.1. The van der Waals surface area contributed by atoms with Crippen molar-refractivity contribution in [3.63, 3.8) is 0 Å². The molecule has 1 atom stereocenters. The van der Waals surface area contributed by atoms with E-state index >= 15 is 0 Å². The second kappa shape index (κ2) is 5.29. The highest BCUT2D eigenvalue weighted by molar-refractivity contribution is 5.82. The number of nitrogens with zero attached hydrogens (tertiary/aromatic N) is 2. The van der Waals surface area contributed by atoms with Gasteiger partial charge in [0.1, 0.15) is 11.8 Å². The lowest BCUT2D eigenvalue weighted by Gasteiger charge is -2.21. The summed E-state index contributed by atoms with van der Waals surface area (Å²) in [6, 6.07) is -0.276. The zero-order valence-corrected chi connectivity index (χ0v) is 10.1. The van der Waals surface area contributed by atoms with E-state index in [4.69, 9.17) is 9.15 Å². The summed E-state index contributed by atoms with van der Waals surface area (Å²) in [7, 11) is 1.76. The molecule has 1 aromatic rings. The van der Waals surface area contributed by atoms with Crippen LogP contribution in [0.1, 0.15) is 11.7 Å². The molecule has 1 aliphatic heterocycles. The lowest BCUT2D eigenvalue weighted by molar-refractivity contribution is -0.133. The first-order valence-electron chi connectivity index (χ1n) is 5.66. The first kappa shape index (κ1) is 12.1. The van der Waals surface area contributed by atoms with Crippen LogP contribution in [-0.4, -0.2) is 48.6 Å². The van der Waals surface area contributed by atoms with Gasteiger partial charge in [-0.15, -0.1) is 0 Å². The molecule has 0 bridgehead atoms. The van der Waals surface area contributed by atoms with Crippen LogP contribution < -0.4 is 5.32 Å². The number of nitrogens with one attached hydrogen (secondary N) is 1. The van der Waals surface area contributed by atoms with Crippen molar-refractivity contribution in [2.24, 2.45) is 0 Å². The average molecular weight is 239 g/mol. The Morgan fingerprint density at radius 3 is 3.12 bits per heavy atom. The molecule has 6 heteroatoms. The standard InChI is InChI=1S/C11H17N3O3/c1-8-13-5-9(17-8)6-14-3-4-16-7-10(12-2)11(14)15/h5,10,12H,3-4,6-7H2,1-2H3. The molecule has 17 heavy (non-hydrogen) atoms. The van der Waals surface area contributed by atoms with E-state index in [0.717, 1.165) is 0 Å². The Morgan fingerprint density at radius 1 is 1.65 bits per heavy atom. The van der Waals surface area contributed by atoms with Gasteiger partial charge in [-0.2, -0.15) is 0 Å². The van der Waals surface area contributed by atoms with E-state index in [2.05, 4.69) is 10.3 Å². The Kier molecular flexibility index (Phi) is 3.75. The zero-order valence-electron chi connectivity index (χ0n) is 10.1. The summed E-state index contributed by atoms with van der Waals surface area (Å²) in [6.07, 6.45) is 1.66. The quantitative estimate of drug-likeness (QED) is 0.799. The van der Waals surface area contributed by atoms with Crippen LogP contribution >= 0.6 is 0 Å². The van der Waals surface area contributed by atoms with Crippen LogP contribution in [0.4, 0.5) is 0 Å². The van der Waals surface area contributed by atoms with Crippen LogP contribution in [0.3, 0.4) is 0 Å². The number of likely N-dealkylation sites (N-methyl/N-ethyl adjacent to an activating group) is 1. The Bertz CT molecular complexity index is 391. The highest BCUT2D eigenvalue weighted by atomic mass is 16.5. The van der Waals surface area contributed by atoms with E-state index in [-0.39, 0.29) is 11.9 Å². The van der Waals surface area contributed by atoms with E-state index < -0.39 is 0 Å². The smallest absolute Gasteiger partial charge is 0.242 e. The highest BCUT2D eigenvalue weighted by Crippen LogP contribution is 2.10. The molecule has 0 spiro atoms. The molecule has 1 unspecified atom stereocenters. The summed E-state index contributed by atoms with van der Waals surface area (Å²) in [5.41, 5.74) is 0. The molecule has 2 heterocycles. The van der Waals surface area contributed by atoms with Crippen molar-refractivity contribution in [1.82, 2.24) is 15.2 Å². The maximum absolute atomic E-state index is 12.1. The third-order valence-electron chi connectivity index (χ3n) is 2.76. The monoisotopic (exact) mass is 239 g/mol. The molecule has 1 amide bonds. The van der Waals surface area contributed by atoms with Gasteiger partial charge in [-0.3, -0.25) is 4.79 Å². The molecular formula is C11H17N3O3. The molecule has 1 fully saturated rings. The van der Waals surface area contributed by atoms with Gasteiger partial charge in [0.25, 0.3) is 0 Å². The molecular weight excluding hydrogens is 222 g/mol. The first-order chi connectivity index (χ1) is 8.20. The van der Waals surface area contributed by atoms with Gasteiger partial charge in [0.15, 0.2) is 5.89 Å². The number of amides is 1. The molecule has 1 saturated heterocycles. The Hall–Kier alpha value is -1.40. The van der Waals surface area contributed by atoms with E-state index in [9.17, 15) is 4.79 Å². The summed E-state index contributed by atoms with van der Waals surface area (Å²) >= 11 is 0. The third-order valence-corrected chi connectivity index (χ3v) is 2.76. The van der Waals surface area contributed by atoms with Gasteiger partial charge in [0.05, 0.1) is 26.0 Å². The largest absolute Gasteiger partial charge is 0.444 e. The van der Waals surface area contributed by atoms with Gasteiger partial charge in [-0.05, 0) is 7.05 Å². The molecule has 94 valence electrons. The molecule has 2 rings (SSSR count). The molecule has 6 nitrogen and oxygen atoms in total. The topological polar surface area (TPSA) is 67.6 Å². The SMILES string of the molecule is CNC1COCCN(Cc2cnc(C)o2)C1=O. The number of hydrogen-bond acceptors (Lipinski definition) is 5. The fraction of sp³-hybridized carbons (Fsp3) is 0.636. The Balaban J connectivity index is 2.05. The van der Waals surface area contributed by atoms with Gasteiger partial charge in [0, 0.05) is 13.5 Å². The van der Waals surface area contributed by atoms with Gasteiger partial charge in [-0.1, -0.05) is 0 Å². The summed E-state index contributed by atoms with van der Waals surface area (Å²) < 4.78 is 10.7. The van der Waals surface area contributed by atoms with Crippen molar-refractivity contribution in [2.75, 3.05) is 26.8 Å². The van der Waals surface area contributed by atoms with Crippen molar-refractivity contribution < 1.29 is 13.9 Å². The maximum Gasteiger partial charge on any atom is 0.242 e. The van der Waals surface area contributed by atoms with Crippen LogP contribution in [0.15, 0.2) is 10.6 Å². The van der Waals surface area contributed by atoms with Crippen LogP contribution in [0, 0.1) is 6.92 Å². The van der Waals surface area contributed by atoms with Crippen molar-refractivity contribution in [3.8, 4) is 0 Å². The van der Waals surface area contributed by atoms with E-state index in [1.807, 2.05) is 0 Å². The number of carbonyl (C=O) groups excluding carboxylic acids is 1. The minimum absolute atomic E-state index is 0.0408. The normalized spacial score (nSPS) is 21.6. The zero-order chi connectivity index (χ0) is 12.3. The van der Waals surface area contributed by atoms with E-state index in [1.165, 1.54) is 0 Å². The number of ether oxygens (including phenoxy) is 1. The van der Waals surface area contributed by atoms with E-state index in [0.29, 0.717) is 38.0 Å². The number of carbonyl (C=O) groups is 1. The predicted octanol–water partition coefficient (Wildman–Crippen LogP) is -0.0702.